The third-order valence-electron chi connectivity index (χ3n) is 9.60. The second-order valence-corrected chi connectivity index (χ2v) is 12.6. The van der Waals surface area contributed by atoms with Crippen LogP contribution in [0.5, 0.6) is 0 Å². The minimum Gasteiger partial charge on any atom is -0.456 e. The fraction of sp³-hybridized carbons (Fsp3) is 0. The van der Waals surface area contributed by atoms with Gasteiger partial charge in [-0.05, 0) is 84.2 Å². The van der Waals surface area contributed by atoms with E-state index in [2.05, 4.69) is 180 Å². The molecule has 0 bridgehead atoms. The number of nitrogens with zero attached hydrogens (tertiary/aromatic N) is 2. The zero-order chi connectivity index (χ0) is 33.0. The molecule has 10 aromatic rings. The molecule has 0 atom stereocenters. The molecule has 8 aromatic carbocycles. The van der Waals surface area contributed by atoms with Crippen molar-refractivity contribution in [1.29, 1.82) is 0 Å². The van der Waals surface area contributed by atoms with Gasteiger partial charge in [-0.25, -0.2) is 0 Å². The predicted octanol–water partition coefficient (Wildman–Crippen LogP) is 13.6. The van der Waals surface area contributed by atoms with Gasteiger partial charge < -0.3 is 18.6 Å². The van der Waals surface area contributed by atoms with Crippen molar-refractivity contribution in [3.63, 3.8) is 0 Å². The number of para-hydroxylation sites is 4. The van der Waals surface area contributed by atoms with Crippen molar-refractivity contribution in [2.24, 2.45) is 0 Å². The molecule has 0 aliphatic carbocycles. The number of hydrogen-bond donors (Lipinski definition) is 0. The lowest BCUT2D eigenvalue weighted by atomic mass is 10.00. The molecule has 2 heterocycles. The third kappa shape index (κ3) is 4.54. The monoisotopic (exact) mass is 642 g/mol. The zero-order valence-electron chi connectivity index (χ0n) is 27.0. The van der Waals surface area contributed by atoms with Crippen LogP contribution in [-0.2, 0) is 0 Å². The zero-order valence-corrected chi connectivity index (χ0v) is 27.0. The van der Waals surface area contributed by atoms with Crippen LogP contribution < -0.4 is 9.80 Å². The van der Waals surface area contributed by atoms with Gasteiger partial charge in [-0.3, -0.25) is 0 Å². The van der Waals surface area contributed by atoms with Crippen molar-refractivity contribution >= 4 is 88.8 Å². The molecular formula is C46H30N2O2. The SMILES string of the molecule is c1ccc(N(c2ccccc2)c2ccc3oc4cc(N(c5ccccc5)c5ccc6oc7ccccc7c6c5)c5ccccc5c4c3c2)cc1. The van der Waals surface area contributed by atoms with Crippen molar-refractivity contribution in [2.45, 2.75) is 0 Å². The van der Waals surface area contributed by atoms with E-state index >= 15 is 0 Å². The lowest BCUT2D eigenvalue weighted by molar-refractivity contribution is 0.668. The molecule has 0 aliphatic rings. The minimum absolute atomic E-state index is 0.840. The minimum atomic E-state index is 0.840. The number of furan rings is 2. The van der Waals surface area contributed by atoms with Crippen LogP contribution in [0, 0.1) is 0 Å². The molecular weight excluding hydrogens is 613 g/mol. The second kappa shape index (κ2) is 11.4. The Hall–Kier alpha value is -6.78. The van der Waals surface area contributed by atoms with Gasteiger partial charge >= 0.3 is 0 Å². The molecule has 0 spiro atoms. The molecule has 4 heteroatoms. The lowest BCUT2D eigenvalue weighted by Gasteiger charge is -2.27. The fourth-order valence-corrected chi connectivity index (χ4v) is 7.39. The van der Waals surface area contributed by atoms with Gasteiger partial charge in [0.25, 0.3) is 0 Å². The quantitative estimate of drug-likeness (QED) is 0.181. The Balaban J connectivity index is 1.21. The van der Waals surface area contributed by atoms with E-state index in [1.165, 1.54) is 0 Å². The Morgan fingerprint density at radius 3 is 1.40 bits per heavy atom. The molecule has 0 N–H and O–H groups in total. The Bertz CT molecular complexity index is 2780. The van der Waals surface area contributed by atoms with E-state index in [0.717, 1.165) is 88.8 Å². The summed E-state index contributed by atoms with van der Waals surface area (Å²) in [5.41, 5.74) is 9.85. The Labute approximate surface area is 288 Å². The van der Waals surface area contributed by atoms with Gasteiger partial charge in [-0.15, -0.1) is 0 Å². The van der Waals surface area contributed by atoms with Crippen molar-refractivity contribution in [2.75, 3.05) is 9.80 Å². The van der Waals surface area contributed by atoms with Gasteiger partial charge in [0.05, 0.1) is 5.69 Å². The highest BCUT2D eigenvalue weighted by atomic mass is 16.3. The summed E-state index contributed by atoms with van der Waals surface area (Å²) in [4.78, 5) is 4.62. The normalized spacial score (nSPS) is 11.6. The number of hydrogen-bond acceptors (Lipinski definition) is 4. The van der Waals surface area contributed by atoms with Crippen molar-refractivity contribution in [3.05, 3.63) is 182 Å². The second-order valence-electron chi connectivity index (χ2n) is 12.6. The van der Waals surface area contributed by atoms with Gasteiger partial charge in [-0.1, -0.05) is 97.1 Å². The molecule has 0 radical (unpaired) electrons. The first-order chi connectivity index (χ1) is 24.8. The van der Waals surface area contributed by atoms with E-state index in [1.54, 1.807) is 0 Å². The van der Waals surface area contributed by atoms with Gasteiger partial charge in [-0.2, -0.15) is 0 Å². The van der Waals surface area contributed by atoms with Crippen LogP contribution in [0.15, 0.2) is 191 Å². The topological polar surface area (TPSA) is 32.8 Å². The van der Waals surface area contributed by atoms with Crippen LogP contribution in [0.2, 0.25) is 0 Å². The fourth-order valence-electron chi connectivity index (χ4n) is 7.39. The summed E-state index contributed by atoms with van der Waals surface area (Å²) in [7, 11) is 0. The van der Waals surface area contributed by atoms with E-state index < -0.39 is 0 Å². The number of rotatable bonds is 6. The Morgan fingerprint density at radius 1 is 0.280 bits per heavy atom. The Kier molecular flexibility index (Phi) is 6.46. The molecule has 10 rings (SSSR count). The van der Waals surface area contributed by atoms with Gasteiger partial charge in [0.2, 0.25) is 0 Å². The van der Waals surface area contributed by atoms with E-state index in [1.807, 2.05) is 12.1 Å². The average molecular weight is 643 g/mol. The van der Waals surface area contributed by atoms with Gasteiger partial charge in [0, 0.05) is 61.4 Å². The van der Waals surface area contributed by atoms with E-state index in [4.69, 9.17) is 8.83 Å². The van der Waals surface area contributed by atoms with Crippen LogP contribution >= 0.6 is 0 Å². The molecule has 4 nitrogen and oxygen atoms in total. The highest BCUT2D eigenvalue weighted by molar-refractivity contribution is 6.23. The molecule has 2 aromatic heterocycles. The predicted molar refractivity (Wildman–Crippen MR) is 208 cm³/mol. The average Bonchev–Trinajstić information content (AvgIpc) is 3.74. The summed E-state index contributed by atoms with van der Waals surface area (Å²) in [5.74, 6) is 0. The van der Waals surface area contributed by atoms with E-state index in [9.17, 15) is 0 Å². The van der Waals surface area contributed by atoms with Crippen molar-refractivity contribution in [1.82, 2.24) is 0 Å². The molecule has 50 heavy (non-hydrogen) atoms. The summed E-state index contributed by atoms with van der Waals surface area (Å²) in [5, 5.41) is 6.64. The molecule has 0 unspecified atom stereocenters. The summed E-state index contributed by atoms with van der Waals surface area (Å²) in [6, 6.07) is 63.6. The summed E-state index contributed by atoms with van der Waals surface area (Å²) in [6.07, 6.45) is 0. The maximum atomic E-state index is 6.72. The van der Waals surface area contributed by atoms with Crippen molar-refractivity contribution < 1.29 is 8.83 Å². The van der Waals surface area contributed by atoms with Crippen molar-refractivity contribution in [3.8, 4) is 0 Å². The van der Waals surface area contributed by atoms with Crippen LogP contribution in [0.4, 0.5) is 34.1 Å². The number of benzene rings is 8. The summed E-state index contributed by atoms with van der Waals surface area (Å²) < 4.78 is 12.9. The molecule has 0 amide bonds. The smallest absolute Gasteiger partial charge is 0.138 e. The highest BCUT2D eigenvalue weighted by Gasteiger charge is 2.22. The van der Waals surface area contributed by atoms with Crippen LogP contribution in [0.25, 0.3) is 54.6 Å². The first kappa shape index (κ1) is 28.3. The third-order valence-corrected chi connectivity index (χ3v) is 9.60. The van der Waals surface area contributed by atoms with Gasteiger partial charge in [0.15, 0.2) is 0 Å². The number of fused-ring (bicyclic) bond motifs is 8. The first-order valence-corrected chi connectivity index (χ1v) is 16.8. The highest BCUT2D eigenvalue weighted by Crippen LogP contribution is 2.46. The molecule has 0 saturated carbocycles. The lowest BCUT2D eigenvalue weighted by Crippen LogP contribution is -2.10. The number of anilines is 6. The Morgan fingerprint density at radius 2 is 0.740 bits per heavy atom. The molecule has 0 fully saturated rings. The summed E-state index contributed by atoms with van der Waals surface area (Å²) >= 11 is 0. The first-order valence-electron chi connectivity index (χ1n) is 16.8. The molecule has 0 saturated heterocycles. The van der Waals surface area contributed by atoms with Crippen LogP contribution in [0.3, 0.4) is 0 Å². The van der Waals surface area contributed by atoms with E-state index in [0.29, 0.717) is 0 Å². The van der Waals surface area contributed by atoms with Gasteiger partial charge in [0.1, 0.15) is 22.3 Å². The molecule has 236 valence electrons. The standard InChI is InChI=1S/C46H30N2O2/c1-4-14-31(15-5-1)47(32-16-6-2-7-17-32)34-24-27-44-40(29-34)46-38-22-11-10-20-36(38)41(30-45(46)50-44)48(33-18-8-3-9-19-33)35-25-26-43-39(28-35)37-21-12-13-23-42(37)49-43/h1-30H. The maximum absolute atomic E-state index is 6.72. The maximum Gasteiger partial charge on any atom is 0.138 e. The van der Waals surface area contributed by atoms with Crippen LogP contribution in [-0.4, -0.2) is 0 Å². The summed E-state index contributed by atoms with van der Waals surface area (Å²) in [6.45, 7) is 0. The van der Waals surface area contributed by atoms with E-state index in [-0.39, 0.29) is 0 Å². The largest absolute Gasteiger partial charge is 0.456 e. The molecule has 0 aliphatic heterocycles. The van der Waals surface area contributed by atoms with Crippen LogP contribution in [0.1, 0.15) is 0 Å².